The molecule has 0 heterocycles. The third-order valence-electron chi connectivity index (χ3n) is 7.14. The number of rotatable bonds is 8. The lowest BCUT2D eigenvalue weighted by Crippen LogP contribution is -2.25. The van der Waals surface area contributed by atoms with Gasteiger partial charge in [-0.2, -0.15) is 0 Å². The van der Waals surface area contributed by atoms with Gasteiger partial charge in [-0.3, -0.25) is 0 Å². The summed E-state index contributed by atoms with van der Waals surface area (Å²) in [6.07, 6.45) is 17.0. The largest absolute Gasteiger partial charge is 0.494 e. The second-order valence-electron chi connectivity index (χ2n) is 8.95. The Bertz CT molecular complexity index is 489. The van der Waals surface area contributed by atoms with E-state index < -0.39 is 0 Å². The highest BCUT2D eigenvalue weighted by Crippen LogP contribution is 2.44. The van der Waals surface area contributed by atoms with Gasteiger partial charge in [-0.05, 0) is 86.3 Å². The van der Waals surface area contributed by atoms with Gasteiger partial charge < -0.3 is 4.74 Å². The normalized spacial score (nSPS) is 29.5. The first-order chi connectivity index (χ1) is 12.8. The molecule has 0 saturated heterocycles. The molecule has 0 unspecified atom stereocenters. The summed E-state index contributed by atoms with van der Waals surface area (Å²) < 4.78 is 5.81. The first kappa shape index (κ1) is 19.8. The Morgan fingerprint density at radius 3 is 1.96 bits per heavy atom. The van der Waals surface area contributed by atoms with Crippen LogP contribution in [0.5, 0.6) is 5.75 Å². The van der Waals surface area contributed by atoms with Crippen molar-refractivity contribution in [2.24, 2.45) is 17.8 Å². The molecular formula is C25H40O. The fourth-order valence-electron chi connectivity index (χ4n) is 5.45. The molecule has 1 nitrogen and oxygen atoms in total. The number of ether oxygens (including phenoxy) is 1. The van der Waals surface area contributed by atoms with Crippen LogP contribution in [0.1, 0.15) is 102 Å². The second-order valence-corrected chi connectivity index (χ2v) is 8.95. The number of hydrogen-bond acceptors (Lipinski definition) is 1. The van der Waals surface area contributed by atoms with Crippen molar-refractivity contribution in [3.8, 4) is 5.75 Å². The summed E-state index contributed by atoms with van der Waals surface area (Å²) >= 11 is 0. The summed E-state index contributed by atoms with van der Waals surface area (Å²) in [4.78, 5) is 0. The lowest BCUT2D eigenvalue weighted by atomic mass is 9.68. The summed E-state index contributed by atoms with van der Waals surface area (Å²) in [6, 6.07) is 9.02. The highest BCUT2D eigenvalue weighted by atomic mass is 16.5. The third-order valence-corrected chi connectivity index (χ3v) is 7.14. The van der Waals surface area contributed by atoms with E-state index in [2.05, 4.69) is 38.1 Å². The van der Waals surface area contributed by atoms with E-state index in [-0.39, 0.29) is 0 Å². The van der Waals surface area contributed by atoms with E-state index in [1.54, 1.807) is 0 Å². The standard InChI is InChI=1S/C25H40O/c1-3-5-19-26-25-17-15-24(16-18-25)23-13-11-22(12-14-23)21-9-7-20(6-4-2)8-10-21/h15-18,20-23H,3-14,19H2,1-2H3/t20-,21-,22-,23-. The highest BCUT2D eigenvalue weighted by molar-refractivity contribution is 5.29. The first-order valence-corrected chi connectivity index (χ1v) is 11.5. The third kappa shape index (κ3) is 5.51. The van der Waals surface area contributed by atoms with E-state index in [1.165, 1.54) is 76.2 Å². The molecule has 0 spiro atoms. The molecule has 146 valence electrons. The van der Waals surface area contributed by atoms with Gasteiger partial charge in [0.15, 0.2) is 0 Å². The van der Waals surface area contributed by atoms with E-state index in [9.17, 15) is 0 Å². The van der Waals surface area contributed by atoms with E-state index >= 15 is 0 Å². The van der Waals surface area contributed by atoms with Gasteiger partial charge in [0.05, 0.1) is 6.61 Å². The minimum absolute atomic E-state index is 0.785. The van der Waals surface area contributed by atoms with Crippen LogP contribution in [0.15, 0.2) is 24.3 Å². The van der Waals surface area contributed by atoms with Crippen LogP contribution in [0.25, 0.3) is 0 Å². The van der Waals surface area contributed by atoms with Crippen molar-refractivity contribution in [3.05, 3.63) is 29.8 Å². The van der Waals surface area contributed by atoms with Crippen LogP contribution in [0, 0.1) is 17.8 Å². The Morgan fingerprint density at radius 1 is 0.769 bits per heavy atom. The van der Waals surface area contributed by atoms with Gasteiger partial charge in [0.25, 0.3) is 0 Å². The first-order valence-electron chi connectivity index (χ1n) is 11.5. The average Bonchev–Trinajstić information content (AvgIpc) is 2.70. The molecule has 0 amide bonds. The molecule has 2 aliphatic rings. The van der Waals surface area contributed by atoms with E-state index in [1.807, 2.05) is 0 Å². The van der Waals surface area contributed by atoms with Crippen LogP contribution in [0.4, 0.5) is 0 Å². The number of hydrogen-bond donors (Lipinski definition) is 0. The van der Waals surface area contributed by atoms with Gasteiger partial charge in [0.1, 0.15) is 5.75 Å². The smallest absolute Gasteiger partial charge is 0.119 e. The van der Waals surface area contributed by atoms with E-state index in [0.29, 0.717) is 0 Å². The topological polar surface area (TPSA) is 9.23 Å². The van der Waals surface area contributed by atoms with Crippen molar-refractivity contribution in [1.82, 2.24) is 0 Å². The Morgan fingerprint density at radius 2 is 1.38 bits per heavy atom. The molecule has 0 radical (unpaired) electrons. The molecule has 2 fully saturated rings. The van der Waals surface area contributed by atoms with Gasteiger partial charge in [-0.25, -0.2) is 0 Å². The Hall–Kier alpha value is -0.980. The van der Waals surface area contributed by atoms with Gasteiger partial charge in [-0.15, -0.1) is 0 Å². The fourth-order valence-corrected chi connectivity index (χ4v) is 5.45. The number of benzene rings is 1. The van der Waals surface area contributed by atoms with Crippen molar-refractivity contribution in [2.45, 2.75) is 96.8 Å². The van der Waals surface area contributed by atoms with E-state index in [4.69, 9.17) is 4.74 Å². The van der Waals surface area contributed by atoms with Crippen LogP contribution >= 0.6 is 0 Å². The predicted molar refractivity (Wildman–Crippen MR) is 112 cm³/mol. The maximum absolute atomic E-state index is 5.81. The highest BCUT2D eigenvalue weighted by Gasteiger charge is 2.31. The fraction of sp³-hybridized carbons (Fsp3) is 0.760. The maximum atomic E-state index is 5.81. The molecule has 2 saturated carbocycles. The lowest BCUT2D eigenvalue weighted by Gasteiger charge is -2.38. The Labute approximate surface area is 161 Å². The Kier molecular flexibility index (Phi) is 7.89. The minimum atomic E-state index is 0.785. The van der Waals surface area contributed by atoms with Gasteiger partial charge in [0.2, 0.25) is 0 Å². The van der Waals surface area contributed by atoms with Crippen molar-refractivity contribution < 1.29 is 4.74 Å². The molecule has 0 N–H and O–H groups in total. The zero-order valence-corrected chi connectivity index (χ0v) is 17.2. The lowest BCUT2D eigenvalue weighted by molar-refractivity contribution is 0.156. The molecule has 0 aliphatic heterocycles. The predicted octanol–water partition coefficient (Wildman–Crippen LogP) is 7.75. The second kappa shape index (κ2) is 10.4. The molecule has 0 bridgehead atoms. The average molecular weight is 357 g/mol. The quantitative estimate of drug-likeness (QED) is 0.433. The Balaban J connectivity index is 1.42. The van der Waals surface area contributed by atoms with Gasteiger partial charge in [0, 0.05) is 0 Å². The molecule has 1 aromatic carbocycles. The van der Waals surface area contributed by atoms with Crippen LogP contribution in [-0.4, -0.2) is 6.61 Å². The molecule has 3 rings (SSSR count). The minimum Gasteiger partial charge on any atom is -0.494 e. The van der Waals surface area contributed by atoms with Crippen molar-refractivity contribution in [3.63, 3.8) is 0 Å². The molecule has 0 aromatic heterocycles. The summed E-state index contributed by atoms with van der Waals surface area (Å²) in [6.45, 7) is 5.40. The molecule has 26 heavy (non-hydrogen) atoms. The summed E-state index contributed by atoms with van der Waals surface area (Å²) in [5, 5.41) is 0. The van der Waals surface area contributed by atoms with Crippen LogP contribution in [0.2, 0.25) is 0 Å². The summed E-state index contributed by atoms with van der Waals surface area (Å²) in [5.74, 6) is 4.93. The van der Waals surface area contributed by atoms with E-state index in [0.717, 1.165) is 42.4 Å². The molecule has 1 heteroatoms. The van der Waals surface area contributed by atoms with Crippen LogP contribution < -0.4 is 4.74 Å². The molecular weight excluding hydrogens is 316 g/mol. The van der Waals surface area contributed by atoms with Gasteiger partial charge in [-0.1, -0.05) is 58.1 Å². The van der Waals surface area contributed by atoms with Crippen molar-refractivity contribution in [1.29, 1.82) is 0 Å². The SMILES string of the molecule is CCCCOc1ccc([C@H]2CC[C@H]([C@H]3CC[C@H](CCC)CC3)CC2)cc1. The number of unbranched alkanes of at least 4 members (excludes halogenated alkanes) is 1. The molecule has 1 aromatic rings. The summed E-state index contributed by atoms with van der Waals surface area (Å²) in [7, 11) is 0. The van der Waals surface area contributed by atoms with Crippen molar-refractivity contribution >= 4 is 0 Å². The van der Waals surface area contributed by atoms with Gasteiger partial charge >= 0.3 is 0 Å². The molecule has 2 aliphatic carbocycles. The van der Waals surface area contributed by atoms with Crippen LogP contribution in [-0.2, 0) is 0 Å². The maximum Gasteiger partial charge on any atom is 0.119 e. The monoisotopic (exact) mass is 356 g/mol. The molecule has 0 atom stereocenters. The van der Waals surface area contributed by atoms with Crippen molar-refractivity contribution in [2.75, 3.05) is 6.61 Å². The van der Waals surface area contributed by atoms with Crippen LogP contribution in [0.3, 0.4) is 0 Å². The summed E-state index contributed by atoms with van der Waals surface area (Å²) in [5.41, 5.74) is 1.54. The zero-order valence-electron chi connectivity index (χ0n) is 17.2. The zero-order chi connectivity index (χ0) is 18.2.